The summed E-state index contributed by atoms with van der Waals surface area (Å²) in [5, 5.41) is 6.68. The van der Waals surface area contributed by atoms with E-state index >= 15 is 0 Å². The first-order chi connectivity index (χ1) is 16.2. The lowest BCUT2D eigenvalue weighted by atomic mass is 9.76. The lowest BCUT2D eigenvalue weighted by Gasteiger charge is -2.31. The molecule has 3 heterocycles. The van der Waals surface area contributed by atoms with Crippen molar-refractivity contribution in [2.75, 3.05) is 5.32 Å². The fourth-order valence-electron chi connectivity index (χ4n) is 5.82. The largest absolute Gasteiger partial charge is 0.370 e. The van der Waals surface area contributed by atoms with Gasteiger partial charge >= 0.3 is 0 Å². The molecule has 0 unspecified atom stereocenters. The van der Waals surface area contributed by atoms with Gasteiger partial charge in [0.05, 0.1) is 23.6 Å². The normalized spacial score (nSPS) is 28.3. The zero-order valence-corrected chi connectivity index (χ0v) is 19.6. The Kier molecular flexibility index (Phi) is 5.26. The molecular weight excluding hydrogens is 456 g/mol. The van der Waals surface area contributed by atoms with Gasteiger partial charge in [-0.2, -0.15) is 0 Å². The van der Waals surface area contributed by atoms with E-state index in [4.69, 9.17) is 17.3 Å². The number of carbonyl (C=O) groups excluding carboxylic acids is 4. The Morgan fingerprint density at radius 3 is 2.53 bits per heavy atom. The molecule has 0 radical (unpaired) electrons. The molecule has 2 fully saturated rings. The number of fused-ring (bicyclic) bond motifs is 4. The van der Waals surface area contributed by atoms with Crippen LogP contribution in [-0.2, 0) is 24.7 Å². The number of anilines is 1. The van der Waals surface area contributed by atoms with E-state index in [0.29, 0.717) is 21.8 Å². The van der Waals surface area contributed by atoms with Crippen LogP contribution in [0.2, 0.25) is 5.02 Å². The molecule has 0 bridgehead atoms. The van der Waals surface area contributed by atoms with E-state index in [2.05, 4.69) is 10.6 Å². The fraction of sp³-hybridized carbons (Fsp3) is 0.360. The van der Waals surface area contributed by atoms with Gasteiger partial charge in [-0.05, 0) is 37.5 Å². The minimum atomic E-state index is -1.43. The second-order valence-electron chi connectivity index (χ2n) is 9.25. The number of nitrogens with zero attached hydrogens (tertiary/aromatic N) is 1. The maximum absolute atomic E-state index is 13.9. The number of amides is 4. The fourth-order valence-corrected chi connectivity index (χ4v) is 5.98. The molecule has 3 aliphatic heterocycles. The number of nitrogens with two attached hydrogens (primary N) is 1. The van der Waals surface area contributed by atoms with Gasteiger partial charge in [0.1, 0.15) is 5.54 Å². The predicted molar refractivity (Wildman–Crippen MR) is 126 cm³/mol. The number of halogens is 1. The second kappa shape index (κ2) is 7.92. The topological polar surface area (TPSA) is 122 Å². The van der Waals surface area contributed by atoms with E-state index in [0.717, 1.165) is 5.56 Å². The molecule has 34 heavy (non-hydrogen) atoms. The van der Waals surface area contributed by atoms with Crippen molar-refractivity contribution < 1.29 is 19.2 Å². The van der Waals surface area contributed by atoms with Crippen LogP contribution in [0.3, 0.4) is 0 Å². The molecule has 5 rings (SSSR count). The Labute approximate surface area is 201 Å². The number of benzene rings is 2. The summed E-state index contributed by atoms with van der Waals surface area (Å²) in [6, 6.07) is 11.6. The average molecular weight is 481 g/mol. The SMILES string of the molecule is Cc1c(Cl)ccc2c1NC(=O)[C@@]21N[C@@H](CCC(N)=O)[C@H]2C(=O)N([C@H](C)c3ccccc3)C(=O)[C@H]21. The van der Waals surface area contributed by atoms with E-state index in [9.17, 15) is 19.2 Å². The number of rotatable bonds is 5. The van der Waals surface area contributed by atoms with E-state index in [-0.39, 0.29) is 18.7 Å². The molecule has 3 aliphatic rings. The van der Waals surface area contributed by atoms with Crippen LogP contribution in [0.25, 0.3) is 0 Å². The summed E-state index contributed by atoms with van der Waals surface area (Å²) in [7, 11) is 0. The second-order valence-corrected chi connectivity index (χ2v) is 9.66. The minimum absolute atomic E-state index is 0.0286. The molecule has 9 heteroatoms. The van der Waals surface area contributed by atoms with Crippen molar-refractivity contribution in [3.8, 4) is 0 Å². The molecule has 176 valence electrons. The third-order valence-electron chi connectivity index (χ3n) is 7.49. The molecule has 4 amide bonds. The van der Waals surface area contributed by atoms with Crippen LogP contribution in [0, 0.1) is 18.8 Å². The van der Waals surface area contributed by atoms with Gasteiger partial charge in [-0.15, -0.1) is 0 Å². The summed E-state index contributed by atoms with van der Waals surface area (Å²) in [5.74, 6) is -3.42. The number of likely N-dealkylation sites (tertiary alicyclic amines) is 1. The first kappa shape index (κ1) is 22.6. The number of primary amides is 1. The highest BCUT2D eigenvalue weighted by Gasteiger charge is 2.70. The molecule has 1 spiro atoms. The molecular formula is C25H25ClN4O4. The highest BCUT2D eigenvalue weighted by atomic mass is 35.5. The van der Waals surface area contributed by atoms with Crippen molar-refractivity contribution in [3.05, 3.63) is 64.2 Å². The van der Waals surface area contributed by atoms with Crippen molar-refractivity contribution in [1.29, 1.82) is 0 Å². The average Bonchev–Trinajstić information content (AvgIpc) is 3.40. The molecule has 2 saturated heterocycles. The molecule has 2 aromatic rings. The number of hydrogen-bond donors (Lipinski definition) is 3. The first-order valence-electron chi connectivity index (χ1n) is 11.3. The van der Waals surface area contributed by atoms with Crippen LogP contribution in [0.4, 0.5) is 5.69 Å². The number of hydrogen-bond acceptors (Lipinski definition) is 5. The van der Waals surface area contributed by atoms with E-state index in [1.54, 1.807) is 26.0 Å². The van der Waals surface area contributed by atoms with Crippen LogP contribution in [-0.4, -0.2) is 34.6 Å². The molecule has 4 N–H and O–H groups in total. The molecule has 5 atom stereocenters. The number of carbonyl (C=O) groups is 4. The zero-order chi connectivity index (χ0) is 24.4. The lowest BCUT2D eigenvalue weighted by Crippen LogP contribution is -2.53. The molecule has 8 nitrogen and oxygen atoms in total. The van der Waals surface area contributed by atoms with Gasteiger partial charge in [0.2, 0.25) is 23.6 Å². The van der Waals surface area contributed by atoms with Gasteiger partial charge in [-0.25, -0.2) is 0 Å². The maximum Gasteiger partial charge on any atom is 0.250 e. The summed E-state index contributed by atoms with van der Waals surface area (Å²) in [5.41, 5.74) is 6.60. The molecule has 0 aliphatic carbocycles. The van der Waals surface area contributed by atoms with Crippen molar-refractivity contribution in [2.45, 2.75) is 44.3 Å². The summed E-state index contributed by atoms with van der Waals surface area (Å²) in [6.45, 7) is 3.60. The summed E-state index contributed by atoms with van der Waals surface area (Å²) in [6.07, 6.45) is 0.265. The van der Waals surface area contributed by atoms with E-state index in [1.807, 2.05) is 30.3 Å². The molecule has 2 aromatic carbocycles. The van der Waals surface area contributed by atoms with Crippen molar-refractivity contribution in [2.24, 2.45) is 17.6 Å². The van der Waals surface area contributed by atoms with Gasteiger partial charge in [-0.1, -0.05) is 48.0 Å². The van der Waals surface area contributed by atoms with Crippen LogP contribution in [0.15, 0.2) is 42.5 Å². The summed E-state index contributed by atoms with van der Waals surface area (Å²) < 4.78 is 0. The van der Waals surface area contributed by atoms with E-state index < -0.39 is 47.2 Å². The Morgan fingerprint density at radius 1 is 1.15 bits per heavy atom. The van der Waals surface area contributed by atoms with Crippen LogP contribution >= 0.6 is 11.6 Å². The van der Waals surface area contributed by atoms with Gasteiger partial charge in [0.25, 0.3) is 0 Å². The maximum atomic E-state index is 13.9. The van der Waals surface area contributed by atoms with Crippen molar-refractivity contribution in [3.63, 3.8) is 0 Å². The molecule has 0 saturated carbocycles. The Hall–Kier alpha value is -3.23. The van der Waals surface area contributed by atoms with Crippen molar-refractivity contribution >= 4 is 40.9 Å². The quantitative estimate of drug-likeness (QED) is 0.567. The van der Waals surface area contributed by atoms with Gasteiger partial charge < -0.3 is 11.1 Å². The third-order valence-corrected chi connectivity index (χ3v) is 7.90. The number of nitrogens with one attached hydrogen (secondary N) is 2. The predicted octanol–water partition coefficient (Wildman–Crippen LogP) is 2.40. The van der Waals surface area contributed by atoms with Crippen LogP contribution in [0.1, 0.15) is 42.5 Å². The van der Waals surface area contributed by atoms with Gasteiger partial charge in [-0.3, -0.25) is 29.4 Å². The highest BCUT2D eigenvalue weighted by Crippen LogP contribution is 2.55. The monoisotopic (exact) mass is 480 g/mol. The Bertz CT molecular complexity index is 1230. The molecule has 0 aromatic heterocycles. The zero-order valence-electron chi connectivity index (χ0n) is 18.8. The number of imide groups is 1. The van der Waals surface area contributed by atoms with Crippen LogP contribution in [0.5, 0.6) is 0 Å². The first-order valence-corrected chi connectivity index (χ1v) is 11.6. The third kappa shape index (κ3) is 3.02. The van der Waals surface area contributed by atoms with Crippen molar-refractivity contribution in [1.82, 2.24) is 10.2 Å². The van der Waals surface area contributed by atoms with Gasteiger partial charge in [0, 0.05) is 23.0 Å². The van der Waals surface area contributed by atoms with Crippen LogP contribution < -0.4 is 16.4 Å². The Morgan fingerprint density at radius 2 is 1.85 bits per heavy atom. The smallest absolute Gasteiger partial charge is 0.250 e. The minimum Gasteiger partial charge on any atom is -0.370 e. The highest BCUT2D eigenvalue weighted by molar-refractivity contribution is 6.32. The summed E-state index contributed by atoms with van der Waals surface area (Å²) >= 11 is 6.29. The Balaban J connectivity index is 1.63. The standard InChI is InChI=1S/C25H25ClN4O4/c1-12-16(26)9-8-15-21(12)28-24(34)25(15)20-19(17(29-25)10-11-18(27)31)22(32)30(23(20)33)13(2)14-6-4-3-5-7-14/h3-9,13,17,19-20,29H,10-11H2,1-2H3,(H2,27,31)(H,28,34)/t13-,17+,19-,20+,25-/m1/s1. The lowest BCUT2D eigenvalue weighted by molar-refractivity contribution is -0.145. The van der Waals surface area contributed by atoms with E-state index in [1.165, 1.54) is 4.90 Å². The van der Waals surface area contributed by atoms with Gasteiger partial charge in [0.15, 0.2) is 0 Å². The summed E-state index contributed by atoms with van der Waals surface area (Å²) in [4.78, 5) is 54.1.